The molecule has 0 aliphatic heterocycles. The number of hydrogen-bond donors (Lipinski definition) is 0. The Balaban J connectivity index is 2.01. The van der Waals surface area contributed by atoms with E-state index in [2.05, 4.69) is 0 Å². The zero-order valence-corrected chi connectivity index (χ0v) is 7.83. The summed E-state index contributed by atoms with van der Waals surface area (Å²) in [5.74, 6) is 0. The van der Waals surface area contributed by atoms with E-state index in [9.17, 15) is 4.79 Å². The summed E-state index contributed by atoms with van der Waals surface area (Å²) in [7, 11) is 0. The summed E-state index contributed by atoms with van der Waals surface area (Å²) in [5, 5.41) is -0.372. The SMILES string of the molecule is O=C(Cl)N(Cc1ccoc1)C1CC1. The predicted molar refractivity (Wildman–Crippen MR) is 48.5 cm³/mol. The number of halogens is 1. The minimum atomic E-state index is -0.372. The molecule has 2 rings (SSSR count). The molecule has 1 fully saturated rings. The summed E-state index contributed by atoms with van der Waals surface area (Å²) in [5.41, 5.74) is 0.987. The van der Waals surface area contributed by atoms with Gasteiger partial charge in [0.2, 0.25) is 0 Å². The predicted octanol–water partition coefficient (Wildman–Crippen LogP) is 2.60. The van der Waals surface area contributed by atoms with Gasteiger partial charge in [-0.15, -0.1) is 0 Å². The van der Waals surface area contributed by atoms with Crippen LogP contribution in [0.5, 0.6) is 0 Å². The molecule has 3 nitrogen and oxygen atoms in total. The maximum Gasteiger partial charge on any atom is 0.316 e. The summed E-state index contributed by atoms with van der Waals surface area (Å²) >= 11 is 5.45. The van der Waals surface area contributed by atoms with Gasteiger partial charge in [-0.25, -0.2) is 0 Å². The Labute approximate surface area is 81.3 Å². The summed E-state index contributed by atoms with van der Waals surface area (Å²) in [6.07, 6.45) is 5.36. The first-order chi connectivity index (χ1) is 6.27. The first kappa shape index (κ1) is 8.63. The van der Waals surface area contributed by atoms with Crippen LogP contribution in [0.15, 0.2) is 23.0 Å². The van der Waals surface area contributed by atoms with Gasteiger partial charge in [-0.05, 0) is 30.5 Å². The van der Waals surface area contributed by atoms with Crippen LogP contribution in [0.3, 0.4) is 0 Å². The highest BCUT2D eigenvalue weighted by Crippen LogP contribution is 2.29. The third-order valence-corrected chi connectivity index (χ3v) is 2.36. The van der Waals surface area contributed by atoms with Crippen LogP contribution in [-0.4, -0.2) is 16.3 Å². The topological polar surface area (TPSA) is 33.5 Å². The molecule has 1 aromatic rings. The van der Waals surface area contributed by atoms with Crippen LogP contribution in [0.1, 0.15) is 18.4 Å². The number of rotatable bonds is 3. The van der Waals surface area contributed by atoms with Crippen LogP contribution >= 0.6 is 11.6 Å². The van der Waals surface area contributed by atoms with Gasteiger partial charge in [-0.1, -0.05) is 0 Å². The number of carbonyl (C=O) groups excluding carboxylic acids is 1. The molecule has 1 aliphatic rings. The fourth-order valence-electron chi connectivity index (χ4n) is 1.30. The molecule has 0 N–H and O–H groups in total. The molecule has 1 saturated carbocycles. The van der Waals surface area contributed by atoms with Crippen LogP contribution in [-0.2, 0) is 6.54 Å². The molecule has 1 amide bonds. The molecule has 0 unspecified atom stereocenters. The molecule has 0 saturated heterocycles. The Bertz CT molecular complexity index is 293. The minimum absolute atomic E-state index is 0.347. The quantitative estimate of drug-likeness (QED) is 0.554. The van der Waals surface area contributed by atoms with Gasteiger partial charge < -0.3 is 9.32 Å². The molecular formula is C9H10ClNO2. The zero-order valence-electron chi connectivity index (χ0n) is 7.07. The van der Waals surface area contributed by atoms with Crippen molar-refractivity contribution in [3.8, 4) is 0 Å². The Morgan fingerprint density at radius 3 is 2.92 bits per heavy atom. The van der Waals surface area contributed by atoms with E-state index in [4.69, 9.17) is 16.0 Å². The number of amides is 1. The minimum Gasteiger partial charge on any atom is -0.472 e. The van der Waals surface area contributed by atoms with Crippen LogP contribution in [0, 0.1) is 0 Å². The van der Waals surface area contributed by atoms with Crippen LogP contribution < -0.4 is 0 Å². The Kier molecular flexibility index (Phi) is 2.27. The molecular weight excluding hydrogens is 190 g/mol. The zero-order chi connectivity index (χ0) is 9.26. The third-order valence-electron chi connectivity index (χ3n) is 2.15. The van der Waals surface area contributed by atoms with Gasteiger partial charge in [0.15, 0.2) is 0 Å². The average molecular weight is 200 g/mol. The molecule has 0 radical (unpaired) electrons. The molecule has 0 bridgehead atoms. The van der Waals surface area contributed by atoms with E-state index < -0.39 is 0 Å². The van der Waals surface area contributed by atoms with Crippen molar-refractivity contribution in [1.29, 1.82) is 0 Å². The van der Waals surface area contributed by atoms with Gasteiger partial charge in [0, 0.05) is 11.6 Å². The molecule has 1 aromatic heterocycles. The normalized spacial score (nSPS) is 15.8. The molecule has 1 heterocycles. The fourth-order valence-corrected chi connectivity index (χ4v) is 1.50. The number of hydrogen-bond acceptors (Lipinski definition) is 2. The lowest BCUT2D eigenvalue weighted by atomic mass is 10.3. The van der Waals surface area contributed by atoms with Crippen molar-refractivity contribution in [1.82, 2.24) is 4.90 Å². The largest absolute Gasteiger partial charge is 0.472 e. The van der Waals surface area contributed by atoms with E-state index in [1.807, 2.05) is 6.07 Å². The second-order valence-electron chi connectivity index (χ2n) is 3.24. The maximum atomic E-state index is 11.0. The Morgan fingerprint density at radius 2 is 2.46 bits per heavy atom. The summed E-state index contributed by atoms with van der Waals surface area (Å²) < 4.78 is 4.91. The van der Waals surface area contributed by atoms with Crippen molar-refractivity contribution in [3.63, 3.8) is 0 Å². The smallest absolute Gasteiger partial charge is 0.316 e. The lowest BCUT2D eigenvalue weighted by Crippen LogP contribution is -2.27. The van der Waals surface area contributed by atoms with Gasteiger partial charge >= 0.3 is 5.37 Å². The maximum absolute atomic E-state index is 11.0. The fraction of sp³-hybridized carbons (Fsp3) is 0.444. The van der Waals surface area contributed by atoms with Crippen molar-refractivity contribution in [2.45, 2.75) is 25.4 Å². The van der Waals surface area contributed by atoms with Crippen molar-refractivity contribution < 1.29 is 9.21 Å². The van der Waals surface area contributed by atoms with E-state index in [1.54, 1.807) is 17.4 Å². The van der Waals surface area contributed by atoms with E-state index >= 15 is 0 Å². The second-order valence-corrected chi connectivity index (χ2v) is 3.57. The molecule has 0 aromatic carbocycles. The average Bonchev–Trinajstić information content (AvgIpc) is 2.79. The third kappa shape index (κ3) is 2.04. The lowest BCUT2D eigenvalue weighted by molar-refractivity contribution is 0.216. The Hall–Kier alpha value is -0.960. The highest BCUT2D eigenvalue weighted by atomic mass is 35.5. The van der Waals surface area contributed by atoms with Crippen molar-refractivity contribution in [3.05, 3.63) is 24.2 Å². The van der Waals surface area contributed by atoms with E-state index in [1.165, 1.54) is 0 Å². The van der Waals surface area contributed by atoms with Crippen LogP contribution in [0.2, 0.25) is 0 Å². The van der Waals surface area contributed by atoms with E-state index in [0.717, 1.165) is 18.4 Å². The van der Waals surface area contributed by atoms with Crippen molar-refractivity contribution in [2.75, 3.05) is 0 Å². The van der Waals surface area contributed by atoms with E-state index in [-0.39, 0.29) is 5.37 Å². The van der Waals surface area contributed by atoms with Gasteiger partial charge in [-0.2, -0.15) is 0 Å². The molecule has 13 heavy (non-hydrogen) atoms. The van der Waals surface area contributed by atoms with Crippen LogP contribution in [0.25, 0.3) is 0 Å². The molecule has 0 spiro atoms. The summed E-state index contributed by atoms with van der Waals surface area (Å²) in [4.78, 5) is 12.7. The number of nitrogens with zero attached hydrogens (tertiary/aromatic N) is 1. The molecule has 1 aliphatic carbocycles. The highest BCUT2D eigenvalue weighted by molar-refractivity contribution is 6.62. The number of carbonyl (C=O) groups is 1. The van der Waals surface area contributed by atoms with Crippen molar-refractivity contribution in [2.24, 2.45) is 0 Å². The second kappa shape index (κ2) is 3.42. The molecule has 70 valence electrons. The van der Waals surface area contributed by atoms with Gasteiger partial charge in [-0.3, -0.25) is 4.79 Å². The Morgan fingerprint density at radius 1 is 1.69 bits per heavy atom. The van der Waals surface area contributed by atoms with Gasteiger partial charge in [0.05, 0.1) is 19.1 Å². The van der Waals surface area contributed by atoms with E-state index in [0.29, 0.717) is 12.6 Å². The summed E-state index contributed by atoms with van der Waals surface area (Å²) in [6, 6.07) is 2.19. The standard InChI is InChI=1S/C9H10ClNO2/c10-9(12)11(8-1-2-8)5-7-3-4-13-6-7/h3-4,6,8H,1-2,5H2. The monoisotopic (exact) mass is 199 g/mol. The van der Waals surface area contributed by atoms with Crippen LogP contribution in [0.4, 0.5) is 4.79 Å². The first-order valence-electron chi connectivity index (χ1n) is 4.24. The first-order valence-corrected chi connectivity index (χ1v) is 4.62. The van der Waals surface area contributed by atoms with Gasteiger partial charge in [0.25, 0.3) is 0 Å². The summed E-state index contributed by atoms with van der Waals surface area (Å²) in [6.45, 7) is 0.559. The number of furan rings is 1. The molecule has 4 heteroatoms. The van der Waals surface area contributed by atoms with Crippen molar-refractivity contribution >= 4 is 17.0 Å². The molecule has 0 atom stereocenters. The van der Waals surface area contributed by atoms with Gasteiger partial charge in [0.1, 0.15) is 0 Å². The lowest BCUT2D eigenvalue weighted by Gasteiger charge is -2.17. The highest BCUT2D eigenvalue weighted by Gasteiger charge is 2.31.